The Hall–Kier alpha value is -0.920. The van der Waals surface area contributed by atoms with E-state index in [1.807, 2.05) is 19.1 Å². The smallest absolute Gasteiger partial charge is 0.238 e. The molecule has 1 aromatic rings. The Morgan fingerprint density at radius 2 is 2.25 bits per heavy atom. The van der Waals surface area contributed by atoms with Crippen LogP contribution in [0.2, 0.25) is 0 Å². The number of carbonyl (C=O) groups is 1. The molecule has 0 saturated carbocycles. The van der Waals surface area contributed by atoms with Crippen molar-refractivity contribution in [2.45, 2.75) is 19.5 Å². The van der Waals surface area contributed by atoms with Crippen molar-refractivity contribution in [1.29, 1.82) is 0 Å². The summed E-state index contributed by atoms with van der Waals surface area (Å²) in [7, 11) is -2.89. The largest absolute Gasteiger partial charge is 0.321 e. The van der Waals surface area contributed by atoms with Gasteiger partial charge in [0.2, 0.25) is 5.91 Å². The number of rotatable bonds is 3. The minimum Gasteiger partial charge on any atom is -0.321 e. The van der Waals surface area contributed by atoms with E-state index < -0.39 is 9.84 Å². The van der Waals surface area contributed by atoms with Crippen LogP contribution in [0, 0.1) is 12.8 Å². The Kier molecular flexibility index (Phi) is 3.60. The van der Waals surface area contributed by atoms with Gasteiger partial charge in [0.1, 0.15) is 6.17 Å². The van der Waals surface area contributed by atoms with E-state index in [4.69, 9.17) is 0 Å². The molecule has 20 heavy (non-hydrogen) atoms. The van der Waals surface area contributed by atoms with Crippen molar-refractivity contribution in [3.05, 3.63) is 21.9 Å². The molecule has 3 heterocycles. The molecule has 2 unspecified atom stereocenters. The van der Waals surface area contributed by atoms with Gasteiger partial charge in [-0.05, 0) is 31.4 Å². The first-order valence-electron chi connectivity index (χ1n) is 6.74. The normalized spacial score (nSPS) is 29.2. The number of sulfone groups is 1. The van der Waals surface area contributed by atoms with Crippen molar-refractivity contribution in [3.63, 3.8) is 0 Å². The summed E-state index contributed by atoms with van der Waals surface area (Å²) in [4.78, 5) is 16.2. The Morgan fingerprint density at radius 1 is 1.45 bits per heavy atom. The molecule has 1 N–H and O–H groups in total. The van der Waals surface area contributed by atoms with Crippen molar-refractivity contribution in [2.75, 3.05) is 24.6 Å². The lowest BCUT2D eigenvalue weighted by Gasteiger charge is -2.26. The summed E-state index contributed by atoms with van der Waals surface area (Å²) < 4.78 is 23.1. The number of nitrogens with one attached hydrogen (secondary N) is 1. The zero-order valence-electron chi connectivity index (χ0n) is 11.3. The predicted octanol–water partition coefficient (Wildman–Crippen LogP) is 0.922. The first-order valence-corrected chi connectivity index (χ1v) is 9.38. The third kappa shape index (κ3) is 2.75. The van der Waals surface area contributed by atoms with Crippen molar-refractivity contribution >= 4 is 27.1 Å². The lowest BCUT2D eigenvalue weighted by atomic mass is 10.1. The van der Waals surface area contributed by atoms with Gasteiger partial charge in [-0.3, -0.25) is 10.1 Å². The second kappa shape index (κ2) is 5.13. The zero-order valence-corrected chi connectivity index (χ0v) is 13.0. The van der Waals surface area contributed by atoms with Gasteiger partial charge >= 0.3 is 0 Å². The van der Waals surface area contributed by atoms with E-state index in [0.29, 0.717) is 19.5 Å². The quantitative estimate of drug-likeness (QED) is 0.901. The van der Waals surface area contributed by atoms with Gasteiger partial charge in [-0.1, -0.05) is 0 Å². The van der Waals surface area contributed by atoms with Crippen LogP contribution in [-0.4, -0.2) is 43.8 Å². The van der Waals surface area contributed by atoms with E-state index in [1.54, 1.807) is 16.2 Å². The Bertz CT molecular complexity index is 623. The summed E-state index contributed by atoms with van der Waals surface area (Å²) in [5.74, 6) is 0.612. The lowest BCUT2D eigenvalue weighted by Crippen LogP contribution is -2.34. The summed E-state index contributed by atoms with van der Waals surface area (Å²) in [5.41, 5.74) is 0. The average Bonchev–Trinajstić information content (AvgIpc) is 3.02. The summed E-state index contributed by atoms with van der Waals surface area (Å²) in [6.45, 7) is 2.91. The molecule has 5 nitrogen and oxygen atoms in total. The topological polar surface area (TPSA) is 66.5 Å². The summed E-state index contributed by atoms with van der Waals surface area (Å²) in [6, 6.07) is 4.08. The summed E-state index contributed by atoms with van der Waals surface area (Å²) >= 11 is 1.67. The van der Waals surface area contributed by atoms with E-state index in [-0.39, 0.29) is 29.5 Å². The highest BCUT2D eigenvalue weighted by molar-refractivity contribution is 7.91. The lowest BCUT2D eigenvalue weighted by molar-refractivity contribution is -0.128. The fourth-order valence-corrected chi connectivity index (χ4v) is 5.71. The molecule has 0 radical (unpaired) electrons. The van der Waals surface area contributed by atoms with Gasteiger partial charge in [-0.25, -0.2) is 8.42 Å². The monoisotopic (exact) mass is 314 g/mol. The number of hydrogen-bond acceptors (Lipinski definition) is 5. The van der Waals surface area contributed by atoms with Crippen LogP contribution in [0.4, 0.5) is 0 Å². The van der Waals surface area contributed by atoms with Crippen LogP contribution in [-0.2, 0) is 14.6 Å². The van der Waals surface area contributed by atoms with Crippen molar-refractivity contribution in [2.24, 2.45) is 5.92 Å². The minimum atomic E-state index is -2.89. The van der Waals surface area contributed by atoms with Gasteiger partial charge in [0.25, 0.3) is 0 Å². The van der Waals surface area contributed by atoms with Gasteiger partial charge in [0, 0.05) is 16.3 Å². The Balaban J connectivity index is 1.74. The number of nitrogens with zero attached hydrogens (tertiary/aromatic N) is 1. The number of hydrogen-bond donors (Lipinski definition) is 1. The minimum absolute atomic E-state index is 0.0605. The summed E-state index contributed by atoms with van der Waals surface area (Å²) in [5, 5.41) is 3.22. The van der Waals surface area contributed by atoms with E-state index in [2.05, 4.69) is 5.32 Å². The van der Waals surface area contributed by atoms with E-state index in [1.165, 1.54) is 4.88 Å². The molecule has 2 aliphatic rings. The predicted molar refractivity (Wildman–Crippen MR) is 78.3 cm³/mol. The zero-order chi connectivity index (χ0) is 14.3. The van der Waals surface area contributed by atoms with E-state index >= 15 is 0 Å². The highest BCUT2D eigenvalue weighted by Crippen LogP contribution is 2.30. The fraction of sp³-hybridized carbons (Fsp3) is 0.615. The molecule has 2 aliphatic heterocycles. The molecular formula is C13H18N2O3S2. The van der Waals surface area contributed by atoms with E-state index in [0.717, 1.165) is 4.88 Å². The molecule has 2 fully saturated rings. The number of amides is 1. The SMILES string of the molecule is Cc1ccc(C2NCC(=O)N2CC2CCS(=O)(=O)C2)s1. The standard InChI is InChI=1S/C13H18N2O3S2/c1-9-2-3-11(19-9)13-14-6-12(16)15(13)7-10-4-5-20(17,18)8-10/h2-3,10,13-14H,4-8H2,1H3. The van der Waals surface area contributed by atoms with Gasteiger partial charge in [-0.15, -0.1) is 11.3 Å². The maximum Gasteiger partial charge on any atom is 0.238 e. The molecule has 110 valence electrons. The third-order valence-corrected chi connectivity index (χ3v) is 6.78. The molecule has 7 heteroatoms. The number of thiophene rings is 1. The maximum atomic E-state index is 12.0. The molecule has 0 spiro atoms. The molecule has 0 aliphatic carbocycles. The first kappa shape index (κ1) is 14.0. The van der Waals surface area contributed by atoms with Gasteiger partial charge in [-0.2, -0.15) is 0 Å². The maximum absolute atomic E-state index is 12.0. The fourth-order valence-electron chi connectivity index (χ4n) is 2.90. The van der Waals surface area contributed by atoms with Crippen LogP contribution in [0.3, 0.4) is 0 Å². The second-order valence-electron chi connectivity index (χ2n) is 5.55. The van der Waals surface area contributed by atoms with Crippen LogP contribution in [0.25, 0.3) is 0 Å². The van der Waals surface area contributed by atoms with Gasteiger partial charge < -0.3 is 4.90 Å². The van der Waals surface area contributed by atoms with E-state index in [9.17, 15) is 13.2 Å². The molecule has 3 rings (SSSR count). The first-order chi connectivity index (χ1) is 9.44. The van der Waals surface area contributed by atoms with Crippen LogP contribution in [0.1, 0.15) is 22.3 Å². The highest BCUT2D eigenvalue weighted by Gasteiger charge is 2.37. The molecule has 0 aromatic carbocycles. The molecule has 2 saturated heterocycles. The van der Waals surface area contributed by atoms with Crippen LogP contribution in [0.5, 0.6) is 0 Å². The molecule has 1 aromatic heterocycles. The van der Waals surface area contributed by atoms with Gasteiger partial charge in [0.05, 0.1) is 18.1 Å². The number of aryl methyl sites for hydroxylation is 1. The van der Waals surface area contributed by atoms with Crippen molar-refractivity contribution in [3.8, 4) is 0 Å². The molecule has 2 atom stereocenters. The highest BCUT2D eigenvalue weighted by atomic mass is 32.2. The van der Waals surface area contributed by atoms with Crippen LogP contribution >= 0.6 is 11.3 Å². The average molecular weight is 314 g/mol. The van der Waals surface area contributed by atoms with Crippen molar-refractivity contribution in [1.82, 2.24) is 10.2 Å². The third-order valence-electron chi connectivity index (χ3n) is 3.89. The Morgan fingerprint density at radius 3 is 2.85 bits per heavy atom. The number of carbonyl (C=O) groups excluding carboxylic acids is 1. The molecular weight excluding hydrogens is 296 g/mol. The Labute approximate surface area is 122 Å². The summed E-state index contributed by atoms with van der Waals surface area (Å²) in [6.07, 6.45) is 0.576. The molecule has 1 amide bonds. The molecule has 0 bridgehead atoms. The second-order valence-corrected chi connectivity index (χ2v) is 9.10. The van der Waals surface area contributed by atoms with Gasteiger partial charge in [0.15, 0.2) is 9.84 Å². The van der Waals surface area contributed by atoms with Crippen molar-refractivity contribution < 1.29 is 13.2 Å². The van der Waals surface area contributed by atoms with Crippen LogP contribution in [0.15, 0.2) is 12.1 Å². The van der Waals surface area contributed by atoms with Crippen LogP contribution < -0.4 is 5.32 Å².